The van der Waals surface area contributed by atoms with Gasteiger partial charge < -0.3 is 8.85 Å². The SMILES string of the molecule is CO[SiH](CC(C)(C)c1ccccc1)OC. The number of hydrogen-bond acceptors (Lipinski definition) is 2. The van der Waals surface area contributed by atoms with Crippen molar-refractivity contribution in [2.24, 2.45) is 0 Å². The fourth-order valence-electron chi connectivity index (χ4n) is 1.69. The fourth-order valence-corrected chi connectivity index (χ4v) is 3.28. The van der Waals surface area contributed by atoms with E-state index in [0.717, 1.165) is 6.04 Å². The first kappa shape index (κ1) is 12.4. The van der Waals surface area contributed by atoms with E-state index in [1.165, 1.54) is 5.56 Å². The minimum Gasteiger partial charge on any atom is -0.400 e. The Bertz CT molecular complexity index is 281. The summed E-state index contributed by atoms with van der Waals surface area (Å²) < 4.78 is 10.7. The van der Waals surface area contributed by atoms with Gasteiger partial charge in [-0.25, -0.2) is 0 Å². The highest BCUT2D eigenvalue weighted by molar-refractivity contribution is 6.44. The summed E-state index contributed by atoms with van der Waals surface area (Å²) in [5.74, 6) is 0. The van der Waals surface area contributed by atoms with Crippen LogP contribution in [-0.4, -0.2) is 23.5 Å². The molecule has 0 aromatic heterocycles. The van der Waals surface area contributed by atoms with E-state index in [2.05, 4.69) is 38.1 Å². The Morgan fingerprint density at radius 3 is 2.07 bits per heavy atom. The molecule has 0 saturated carbocycles. The summed E-state index contributed by atoms with van der Waals surface area (Å²) in [4.78, 5) is 0. The molecule has 0 amide bonds. The summed E-state index contributed by atoms with van der Waals surface area (Å²) in [7, 11) is 1.99. The van der Waals surface area contributed by atoms with E-state index in [0.29, 0.717) is 0 Å². The predicted molar refractivity (Wildman–Crippen MR) is 65.4 cm³/mol. The summed E-state index contributed by atoms with van der Waals surface area (Å²) in [6.07, 6.45) is 0. The first-order valence-corrected chi connectivity index (χ1v) is 6.97. The van der Waals surface area contributed by atoms with E-state index in [-0.39, 0.29) is 5.41 Å². The average molecular weight is 224 g/mol. The molecule has 0 atom stereocenters. The van der Waals surface area contributed by atoms with Gasteiger partial charge in [0, 0.05) is 14.2 Å². The van der Waals surface area contributed by atoms with Gasteiger partial charge in [-0.3, -0.25) is 0 Å². The Balaban J connectivity index is 2.74. The summed E-state index contributed by atoms with van der Waals surface area (Å²) in [6, 6.07) is 11.5. The smallest absolute Gasteiger partial charge is 0.321 e. The highest BCUT2D eigenvalue weighted by Crippen LogP contribution is 2.28. The quantitative estimate of drug-likeness (QED) is 0.715. The molecule has 0 radical (unpaired) electrons. The Labute approximate surface area is 94.1 Å². The van der Waals surface area contributed by atoms with E-state index in [9.17, 15) is 0 Å². The third kappa shape index (κ3) is 3.45. The Morgan fingerprint density at radius 1 is 1.07 bits per heavy atom. The van der Waals surface area contributed by atoms with Crippen LogP contribution in [0.15, 0.2) is 30.3 Å². The molecule has 1 rings (SSSR count). The minimum absolute atomic E-state index is 0.129. The zero-order chi connectivity index (χ0) is 11.3. The lowest BCUT2D eigenvalue weighted by molar-refractivity contribution is 0.268. The molecule has 15 heavy (non-hydrogen) atoms. The lowest BCUT2D eigenvalue weighted by Crippen LogP contribution is -2.29. The molecule has 0 saturated heterocycles. The second-order valence-corrected chi connectivity index (χ2v) is 6.57. The van der Waals surface area contributed by atoms with E-state index in [1.54, 1.807) is 14.2 Å². The summed E-state index contributed by atoms with van der Waals surface area (Å²) in [6.45, 7) is 4.47. The van der Waals surface area contributed by atoms with Crippen molar-refractivity contribution in [1.29, 1.82) is 0 Å². The minimum atomic E-state index is -1.49. The molecule has 0 fully saturated rings. The standard InChI is InChI=1S/C12H20O2Si/c1-12(2,10-15(13-3)14-4)11-8-6-5-7-9-11/h5-9,15H,10H2,1-4H3. The molecular formula is C12H20O2Si. The van der Waals surface area contributed by atoms with Crippen molar-refractivity contribution >= 4 is 9.28 Å². The lowest BCUT2D eigenvalue weighted by atomic mass is 9.87. The molecule has 0 aliphatic rings. The fraction of sp³-hybridized carbons (Fsp3) is 0.500. The van der Waals surface area contributed by atoms with Gasteiger partial charge in [0.25, 0.3) is 0 Å². The van der Waals surface area contributed by atoms with E-state index >= 15 is 0 Å². The van der Waals surface area contributed by atoms with Crippen molar-refractivity contribution in [3.05, 3.63) is 35.9 Å². The molecule has 0 N–H and O–H groups in total. The van der Waals surface area contributed by atoms with Crippen LogP contribution in [0.25, 0.3) is 0 Å². The molecule has 0 aliphatic carbocycles. The van der Waals surface area contributed by atoms with Gasteiger partial charge in [-0.1, -0.05) is 44.2 Å². The second-order valence-electron chi connectivity index (χ2n) is 4.35. The highest BCUT2D eigenvalue weighted by atomic mass is 28.3. The molecule has 0 aliphatic heterocycles. The Hall–Kier alpha value is -0.643. The third-order valence-electron chi connectivity index (χ3n) is 2.76. The van der Waals surface area contributed by atoms with Gasteiger partial charge in [-0.15, -0.1) is 0 Å². The van der Waals surface area contributed by atoms with Crippen molar-refractivity contribution < 1.29 is 8.85 Å². The molecule has 0 heterocycles. The first-order chi connectivity index (χ1) is 7.10. The highest BCUT2D eigenvalue weighted by Gasteiger charge is 2.26. The van der Waals surface area contributed by atoms with Gasteiger partial charge in [0.15, 0.2) is 0 Å². The number of rotatable bonds is 5. The summed E-state index contributed by atoms with van der Waals surface area (Å²) in [5.41, 5.74) is 1.47. The van der Waals surface area contributed by atoms with Crippen LogP contribution < -0.4 is 0 Å². The van der Waals surface area contributed by atoms with Crippen LogP contribution in [0.1, 0.15) is 19.4 Å². The average Bonchev–Trinajstić information content (AvgIpc) is 2.27. The zero-order valence-electron chi connectivity index (χ0n) is 9.99. The predicted octanol–water partition coefficient (Wildman–Crippen LogP) is 2.48. The monoisotopic (exact) mass is 224 g/mol. The second kappa shape index (κ2) is 5.44. The largest absolute Gasteiger partial charge is 0.400 e. The van der Waals surface area contributed by atoms with Crippen LogP contribution in [-0.2, 0) is 14.3 Å². The Morgan fingerprint density at radius 2 is 1.60 bits per heavy atom. The maximum atomic E-state index is 5.37. The molecule has 1 aromatic carbocycles. The number of benzene rings is 1. The summed E-state index contributed by atoms with van der Waals surface area (Å²) >= 11 is 0. The van der Waals surface area contributed by atoms with Crippen LogP contribution in [0.3, 0.4) is 0 Å². The third-order valence-corrected chi connectivity index (χ3v) is 5.16. The van der Waals surface area contributed by atoms with Crippen LogP contribution in [0.5, 0.6) is 0 Å². The van der Waals surface area contributed by atoms with Gasteiger partial charge in [0.1, 0.15) is 0 Å². The van der Waals surface area contributed by atoms with Crippen molar-refractivity contribution in [1.82, 2.24) is 0 Å². The first-order valence-electron chi connectivity index (χ1n) is 5.21. The molecule has 2 nitrogen and oxygen atoms in total. The van der Waals surface area contributed by atoms with Crippen molar-refractivity contribution in [3.63, 3.8) is 0 Å². The normalized spacial score (nSPS) is 12.1. The molecule has 0 unspecified atom stereocenters. The van der Waals surface area contributed by atoms with Crippen LogP contribution in [0.2, 0.25) is 6.04 Å². The topological polar surface area (TPSA) is 18.5 Å². The van der Waals surface area contributed by atoms with Gasteiger partial charge in [-0.05, 0) is 17.0 Å². The molecule has 84 valence electrons. The molecule has 3 heteroatoms. The summed E-state index contributed by atoms with van der Waals surface area (Å²) in [5, 5.41) is 0. The van der Waals surface area contributed by atoms with Crippen molar-refractivity contribution in [2.45, 2.75) is 25.3 Å². The van der Waals surface area contributed by atoms with Gasteiger partial charge in [0.2, 0.25) is 0 Å². The van der Waals surface area contributed by atoms with Crippen molar-refractivity contribution in [3.8, 4) is 0 Å². The zero-order valence-corrected chi connectivity index (χ0v) is 11.1. The van der Waals surface area contributed by atoms with E-state index in [1.807, 2.05) is 6.07 Å². The van der Waals surface area contributed by atoms with Gasteiger partial charge in [-0.2, -0.15) is 0 Å². The maximum Gasteiger partial charge on any atom is 0.321 e. The molecule has 0 spiro atoms. The maximum absolute atomic E-state index is 5.37. The molecular weight excluding hydrogens is 204 g/mol. The van der Waals surface area contributed by atoms with Crippen LogP contribution in [0.4, 0.5) is 0 Å². The molecule has 0 bridgehead atoms. The van der Waals surface area contributed by atoms with E-state index < -0.39 is 9.28 Å². The van der Waals surface area contributed by atoms with Crippen LogP contribution >= 0.6 is 0 Å². The number of hydrogen-bond donors (Lipinski definition) is 0. The van der Waals surface area contributed by atoms with Gasteiger partial charge >= 0.3 is 9.28 Å². The van der Waals surface area contributed by atoms with Gasteiger partial charge in [0.05, 0.1) is 0 Å². The van der Waals surface area contributed by atoms with Crippen molar-refractivity contribution in [2.75, 3.05) is 14.2 Å². The van der Waals surface area contributed by atoms with E-state index in [4.69, 9.17) is 8.85 Å². The lowest BCUT2D eigenvalue weighted by Gasteiger charge is -2.27. The van der Waals surface area contributed by atoms with Crippen LogP contribution in [0, 0.1) is 0 Å². The Kier molecular flexibility index (Phi) is 4.51. The molecule has 1 aromatic rings.